The van der Waals surface area contributed by atoms with E-state index in [9.17, 15) is 9.59 Å². The summed E-state index contributed by atoms with van der Waals surface area (Å²) in [5.74, 6) is -1.23. The van der Waals surface area contributed by atoms with Crippen molar-refractivity contribution in [2.24, 2.45) is 5.41 Å². The Bertz CT molecular complexity index is 463. The number of rotatable bonds is 2. The van der Waals surface area contributed by atoms with Crippen LogP contribution in [0.25, 0.3) is 0 Å². The smallest absolute Gasteiger partial charge is 0.335 e. The molecule has 1 aromatic carbocycles. The molecule has 1 amide bonds. The largest absolute Gasteiger partial charge is 0.478 e. The number of carbonyl (C=O) groups excluding carboxylic acids is 1. The van der Waals surface area contributed by atoms with Gasteiger partial charge in [0.2, 0.25) is 5.91 Å². The van der Waals surface area contributed by atoms with Crippen LogP contribution in [0.2, 0.25) is 5.02 Å². The molecule has 0 heterocycles. The fourth-order valence-electron chi connectivity index (χ4n) is 1.06. The van der Waals surface area contributed by atoms with Gasteiger partial charge in [-0.3, -0.25) is 4.79 Å². The summed E-state index contributed by atoms with van der Waals surface area (Å²) in [6.45, 7) is 5.34. The Hall–Kier alpha value is -1.55. The van der Waals surface area contributed by atoms with Gasteiger partial charge in [0, 0.05) is 5.41 Å². The highest BCUT2D eigenvalue weighted by atomic mass is 35.5. The molecule has 0 aliphatic carbocycles. The molecule has 2 N–H and O–H groups in total. The van der Waals surface area contributed by atoms with Crippen molar-refractivity contribution in [3.63, 3.8) is 0 Å². The zero-order chi connectivity index (χ0) is 13.2. The van der Waals surface area contributed by atoms with Crippen LogP contribution in [0.5, 0.6) is 0 Å². The van der Waals surface area contributed by atoms with Crippen molar-refractivity contribution < 1.29 is 14.7 Å². The Morgan fingerprint density at radius 1 is 1.29 bits per heavy atom. The second-order valence-electron chi connectivity index (χ2n) is 4.70. The molecule has 17 heavy (non-hydrogen) atoms. The number of carboxylic acids is 1. The van der Waals surface area contributed by atoms with E-state index in [1.165, 1.54) is 18.2 Å². The molecule has 0 aromatic heterocycles. The lowest BCUT2D eigenvalue weighted by atomic mass is 9.95. The van der Waals surface area contributed by atoms with E-state index in [4.69, 9.17) is 16.7 Å². The zero-order valence-corrected chi connectivity index (χ0v) is 10.6. The van der Waals surface area contributed by atoms with Crippen LogP contribution in [0.15, 0.2) is 18.2 Å². The summed E-state index contributed by atoms with van der Waals surface area (Å²) in [4.78, 5) is 22.4. The molecule has 92 valence electrons. The summed E-state index contributed by atoms with van der Waals surface area (Å²) < 4.78 is 0. The topological polar surface area (TPSA) is 66.4 Å². The molecule has 0 unspecified atom stereocenters. The van der Waals surface area contributed by atoms with Crippen LogP contribution in [0.4, 0.5) is 5.69 Å². The van der Waals surface area contributed by atoms with E-state index in [-0.39, 0.29) is 16.5 Å². The molecule has 1 rings (SSSR count). The van der Waals surface area contributed by atoms with Crippen molar-refractivity contribution in [1.82, 2.24) is 0 Å². The second-order valence-corrected chi connectivity index (χ2v) is 5.11. The summed E-state index contributed by atoms with van der Waals surface area (Å²) in [6, 6.07) is 4.18. The first-order valence-corrected chi connectivity index (χ1v) is 5.44. The number of carbonyl (C=O) groups is 2. The van der Waals surface area contributed by atoms with Crippen LogP contribution in [-0.4, -0.2) is 17.0 Å². The van der Waals surface area contributed by atoms with Crippen LogP contribution in [0.1, 0.15) is 31.1 Å². The number of anilines is 1. The van der Waals surface area contributed by atoms with Crippen LogP contribution in [0, 0.1) is 5.41 Å². The van der Waals surface area contributed by atoms with Crippen LogP contribution in [0.3, 0.4) is 0 Å². The normalized spacial score (nSPS) is 11.1. The lowest BCUT2D eigenvalue weighted by molar-refractivity contribution is -0.123. The number of amides is 1. The lowest BCUT2D eigenvalue weighted by Crippen LogP contribution is -2.27. The number of hydrogen-bond acceptors (Lipinski definition) is 2. The van der Waals surface area contributed by atoms with Crippen molar-refractivity contribution in [2.75, 3.05) is 5.32 Å². The number of aromatic carboxylic acids is 1. The number of carboxylic acid groups (broad SMARTS) is 1. The summed E-state index contributed by atoms with van der Waals surface area (Å²) in [7, 11) is 0. The molecule has 0 saturated carbocycles. The highest BCUT2D eigenvalue weighted by molar-refractivity contribution is 6.34. The third-order valence-electron chi connectivity index (χ3n) is 2.15. The number of benzene rings is 1. The molecule has 1 aromatic rings. The maximum atomic E-state index is 11.7. The maximum absolute atomic E-state index is 11.7. The summed E-state index contributed by atoms with van der Waals surface area (Å²) in [5.41, 5.74) is -0.0326. The highest BCUT2D eigenvalue weighted by Gasteiger charge is 2.22. The van der Waals surface area contributed by atoms with E-state index in [1.54, 1.807) is 20.8 Å². The summed E-state index contributed by atoms with van der Waals surface area (Å²) in [5, 5.41) is 11.6. The quantitative estimate of drug-likeness (QED) is 0.854. The van der Waals surface area contributed by atoms with E-state index in [2.05, 4.69) is 5.32 Å². The molecular formula is C12H14ClNO3. The summed E-state index contributed by atoms with van der Waals surface area (Å²) in [6.07, 6.45) is 0. The van der Waals surface area contributed by atoms with Gasteiger partial charge in [0.25, 0.3) is 0 Å². The Kier molecular flexibility index (Phi) is 3.78. The summed E-state index contributed by atoms with van der Waals surface area (Å²) >= 11 is 5.89. The van der Waals surface area contributed by atoms with Gasteiger partial charge in [-0.1, -0.05) is 32.4 Å². The second kappa shape index (κ2) is 4.75. The minimum Gasteiger partial charge on any atom is -0.478 e. The van der Waals surface area contributed by atoms with Crippen LogP contribution in [-0.2, 0) is 4.79 Å². The van der Waals surface area contributed by atoms with Crippen LogP contribution >= 0.6 is 11.6 Å². The first-order valence-electron chi connectivity index (χ1n) is 5.06. The van der Waals surface area contributed by atoms with Crippen molar-refractivity contribution in [3.8, 4) is 0 Å². The van der Waals surface area contributed by atoms with Crippen molar-refractivity contribution in [1.29, 1.82) is 0 Å². The number of halogens is 1. The van der Waals surface area contributed by atoms with E-state index in [1.807, 2.05) is 0 Å². The molecule has 0 atom stereocenters. The third-order valence-corrected chi connectivity index (χ3v) is 2.46. The van der Waals surface area contributed by atoms with Gasteiger partial charge in [-0.2, -0.15) is 0 Å². The van der Waals surface area contributed by atoms with Crippen molar-refractivity contribution >= 4 is 29.2 Å². The molecule has 0 bridgehead atoms. The molecule has 0 fully saturated rings. The van der Waals surface area contributed by atoms with Gasteiger partial charge in [-0.15, -0.1) is 0 Å². The SMILES string of the molecule is CC(C)(C)C(=O)Nc1ccc(C(=O)O)cc1Cl. The fraction of sp³-hybridized carbons (Fsp3) is 0.333. The average molecular weight is 256 g/mol. The fourth-order valence-corrected chi connectivity index (χ4v) is 1.29. The number of nitrogens with one attached hydrogen (secondary N) is 1. The lowest BCUT2D eigenvalue weighted by Gasteiger charge is -2.18. The first-order chi connectivity index (χ1) is 7.71. The highest BCUT2D eigenvalue weighted by Crippen LogP contribution is 2.25. The van der Waals surface area contributed by atoms with E-state index < -0.39 is 11.4 Å². The number of hydrogen-bond donors (Lipinski definition) is 2. The maximum Gasteiger partial charge on any atom is 0.335 e. The van der Waals surface area contributed by atoms with Gasteiger partial charge in [0.05, 0.1) is 16.3 Å². The van der Waals surface area contributed by atoms with E-state index >= 15 is 0 Å². The van der Waals surface area contributed by atoms with Gasteiger partial charge >= 0.3 is 5.97 Å². The van der Waals surface area contributed by atoms with E-state index in [0.29, 0.717) is 5.69 Å². The standard InChI is InChI=1S/C12H14ClNO3/c1-12(2,3)11(17)14-9-5-4-7(10(15)16)6-8(9)13/h4-6H,1-3H3,(H,14,17)(H,15,16). The molecule has 0 aliphatic heterocycles. The molecule has 0 saturated heterocycles. The Morgan fingerprint density at radius 2 is 1.88 bits per heavy atom. The predicted molar refractivity (Wildman–Crippen MR) is 66.5 cm³/mol. The average Bonchev–Trinajstić information content (AvgIpc) is 2.19. The molecule has 5 heteroatoms. The Morgan fingerprint density at radius 3 is 2.29 bits per heavy atom. The third kappa shape index (κ3) is 3.46. The van der Waals surface area contributed by atoms with Crippen molar-refractivity contribution in [2.45, 2.75) is 20.8 Å². The van der Waals surface area contributed by atoms with Gasteiger partial charge in [-0.25, -0.2) is 4.79 Å². The Balaban J connectivity index is 2.95. The van der Waals surface area contributed by atoms with Gasteiger partial charge < -0.3 is 10.4 Å². The minimum atomic E-state index is -1.06. The van der Waals surface area contributed by atoms with Gasteiger partial charge in [0.1, 0.15) is 0 Å². The monoisotopic (exact) mass is 255 g/mol. The van der Waals surface area contributed by atoms with Crippen molar-refractivity contribution in [3.05, 3.63) is 28.8 Å². The first kappa shape index (κ1) is 13.5. The predicted octanol–water partition coefficient (Wildman–Crippen LogP) is 3.02. The van der Waals surface area contributed by atoms with Crippen LogP contribution < -0.4 is 5.32 Å². The molecule has 0 aliphatic rings. The molecule has 0 radical (unpaired) electrons. The molecule has 0 spiro atoms. The molecular weight excluding hydrogens is 242 g/mol. The van der Waals surface area contributed by atoms with Gasteiger partial charge in [-0.05, 0) is 18.2 Å². The molecule has 4 nitrogen and oxygen atoms in total. The minimum absolute atomic E-state index is 0.0868. The Labute approximate surface area is 105 Å². The van der Waals surface area contributed by atoms with E-state index in [0.717, 1.165) is 0 Å². The zero-order valence-electron chi connectivity index (χ0n) is 9.87. The van der Waals surface area contributed by atoms with Gasteiger partial charge in [0.15, 0.2) is 0 Å².